The molecule has 2 bridgehead atoms. The van der Waals surface area contributed by atoms with Crippen molar-refractivity contribution in [2.75, 3.05) is 11.9 Å². The number of rotatable bonds is 4. The minimum absolute atomic E-state index is 0.349. The number of nitrogens with one attached hydrogen (secondary N) is 3. The Balaban J connectivity index is 1.33. The molecule has 8 nitrogen and oxygen atoms in total. The summed E-state index contributed by atoms with van der Waals surface area (Å²) < 4.78 is 15.1. The van der Waals surface area contributed by atoms with E-state index in [4.69, 9.17) is 0 Å². The summed E-state index contributed by atoms with van der Waals surface area (Å²) in [5.41, 5.74) is 3.11. The van der Waals surface area contributed by atoms with Crippen LogP contribution in [0.5, 0.6) is 0 Å². The fraction of sp³-hybridized carbons (Fsp3) is 0.364. The molecule has 5 heterocycles. The van der Waals surface area contributed by atoms with Gasteiger partial charge < -0.3 is 10.2 Å². The molecular weight excluding hydrogens is 395 g/mol. The van der Waals surface area contributed by atoms with Crippen molar-refractivity contribution in [3.8, 4) is 22.4 Å². The zero-order chi connectivity index (χ0) is 20.9. The lowest BCUT2D eigenvalue weighted by Gasteiger charge is -2.36. The molecule has 0 amide bonds. The Morgan fingerprint density at radius 1 is 1.06 bits per heavy atom. The van der Waals surface area contributed by atoms with Crippen molar-refractivity contribution in [1.82, 2.24) is 35.9 Å². The maximum Gasteiger partial charge on any atom is 0.151 e. The van der Waals surface area contributed by atoms with E-state index in [9.17, 15) is 0 Å². The molecule has 2 fully saturated rings. The van der Waals surface area contributed by atoms with E-state index in [0.29, 0.717) is 45.9 Å². The van der Waals surface area contributed by atoms with Crippen LogP contribution in [-0.2, 0) is 0 Å². The third kappa shape index (κ3) is 3.07. The quantitative estimate of drug-likeness (QED) is 0.471. The highest BCUT2D eigenvalue weighted by molar-refractivity contribution is 6.02. The molecule has 3 atom stereocenters. The highest BCUT2D eigenvalue weighted by atomic mass is 19.1. The van der Waals surface area contributed by atoms with E-state index in [1.165, 1.54) is 18.9 Å². The Bertz CT molecular complexity index is 1200. The minimum atomic E-state index is -0.349. The van der Waals surface area contributed by atoms with Crippen LogP contribution in [-0.4, -0.2) is 55.8 Å². The monoisotopic (exact) mass is 418 g/mol. The van der Waals surface area contributed by atoms with Crippen LogP contribution in [0.2, 0.25) is 0 Å². The number of fused-ring (bicyclic) bond motifs is 3. The van der Waals surface area contributed by atoms with E-state index in [2.05, 4.69) is 47.9 Å². The van der Waals surface area contributed by atoms with Crippen LogP contribution in [0.1, 0.15) is 25.7 Å². The van der Waals surface area contributed by atoms with Crippen LogP contribution in [0.4, 0.5) is 10.2 Å². The summed E-state index contributed by atoms with van der Waals surface area (Å²) in [6, 6.07) is 7.05. The van der Waals surface area contributed by atoms with E-state index in [1.54, 1.807) is 18.6 Å². The van der Waals surface area contributed by atoms with E-state index >= 15 is 4.39 Å². The van der Waals surface area contributed by atoms with Gasteiger partial charge in [0.2, 0.25) is 0 Å². The number of benzene rings is 1. The van der Waals surface area contributed by atoms with Crippen molar-refractivity contribution in [1.29, 1.82) is 0 Å². The van der Waals surface area contributed by atoms with Crippen LogP contribution in [0.15, 0.2) is 36.8 Å². The Kier molecular flexibility index (Phi) is 4.24. The van der Waals surface area contributed by atoms with Crippen molar-refractivity contribution in [2.24, 2.45) is 0 Å². The van der Waals surface area contributed by atoms with Gasteiger partial charge >= 0.3 is 0 Å². The molecule has 0 radical (unpaired) electrons. The lowest BCUT2D eigenvalue weighted by atomic mass is 9.98. The second kappa shape index (κ2) is 7.12. The van der Waals surface area contributed by atoms with E-state index in [0.717, 1.165) is 24.2 Å². The number of halogens is 1. The van der Waals surface area contributed by atoms with E-state index in [-0.39, 0.29) is 5.82 Å². The Hall–Kier alpha value is -3.33. The largest absolute Gasteiger partial charge is 0.355 e. The molecule has 9 heteroatoms. The maximum absolute atomic E-state index is 15.1. The van der Waals surface area contributed by atoms with Gasteiger partial charge in [-0.3, -0.25) is 10.2 Å². The summed E-state index contributed by atoms with van der Waals surface area (Å²) in [6.07, 6.45) is 9.69. The van der Waals surface area contributed by atoms with Gasteiger partial charge in [0.05, 0.1) is 23.6 Å². The number of anilines is 1. The van der Waals surface area contributed by atoms with E-state index < -0.39 is 0 Å². The maximum atomic E-state index is 15.1. The molecular formula is C22H23FN8. The molecule has 0 aliphatic carbocycles. The predicted molar refractivity (Wildman–Crippen MR) is 116 cm³/mol. The predicted octanol–water partition coefficient (Wildman–Crippen LogP) is 3.27. The molecule has 0 saturated carbocycles. The van der Waals surface area contributed by atoms with Crippen LogP contribution in [0.3, 0.4) is 0 Å². The number of hydrogen-bond acceptors (Lipinski definition) is 6. The first-order chi connectivity index (χ1) is 15.2. The Labute approximate surface area is 178 Å². The van der Waals surface area contributed by atoms with E-state index in [1.807, 2.05) is 12.1 Å². The van der Waals surface area contributed by atoms with Gasteiger partial charge in [-0.1, -0.05) is 0 Å². The second-order valence-corrected chi connectivity index (χ2v) is 8.58. The molecule has 3 N–H and O–H groups in total. The molecule has 1 unspecified atom stereocenters. The minimum Gasteiger partial charge on any atom is -0.355 e. The average Bonchev–Trinajstić information content (AvgIpc) is 3.55. The zero-order valence-electron chi connectivity index (χ0n) is 17.1. The van der Waals surface area contributed by atoms with Crippen LogP contribution in [0.25, 0.3) is 33.3 Å². The molecule has 2 aliphatic heterocycles. The van der Waals surface area contributed by atoms with Crippen LogP contribution < -0.4 is 10.2 Å². The van der Waals surface area contributed by atoms with Crippen molar-refractivity contribution in [3.05, 3.63) is 42.6 Å². The van der Waals surface area contributed by atoms with Gasteiger partial charge in [-0.2, -0.15) is 10.2 Å². The Morgan fingerprint density at radius 3 is 2.61 bits per heavy atom. The van der Waals surface area contributed by atoms with Gasteiger partial charge in [0.1, 0.15) is 5.82 Å². The first-order valence-corrected chi connectivity index (χ1v) is 10.6. The third-order valence-corrected chi connectivity index (χ3v) is 6.76. The van der Waals surface area contributed by atoms with Crippen molar-refractivity contribution >= 4 is 16.7 Å². The molecule has 0 spiro atoms. The highest BCUT2D eigenvalue weighted by Gasteiger charge is 2.35. The first-order valence-electron chi connectivity index (χ1n) is 10.6. The van der Waals surface area contributed by atoms with Crippen molar-refractivity contribution < 1.29 is 4.39 Å². The number of aromatic nitrogens is 6. The summed E-state index contributed by atoms with van der Waals surface area (Å²) in [5, 5.41) is 27.1. The van der Waals surface area contributed by atoms with Gasteiger partial charge in [0, 0.05) is 53.4 Å². The number of hydrogen-bond donors (Lipinski definition) is 3. The second-order valence-electron chi connectivity index (χ2n) is 8.58. The van der Waals surface area contributed by atoms with Crippen LogP contribution in [0, 0.1) is 5.82 Å². The SMILES string of the molecule is CN(c1ccc(-c2cc(F)c(-c3cn[nH]c3)c3cn[nH]c23)nn1)C1C[C@H]2CC[C@@H](C1)N2. The zero-order valence-corrected chi connectivity index (χ0v) is 17.1. The highest BCUT2D eigenvalue weighted by Crippen LogP contribution is 2.36. The van der Waals surface area contributed by atoms with Crippen molar-refractivity contribution in [3.63, 3.8) is 0 Å². The average molecular weight is 418 g/mol. The van der Waals surface area contributed by atoms with Gasteiger partial charge in [-0.05, 0) is 43.9 Å². The molecule has 1 aromatic carbocycles. The summed E-state index contributed by atoms with van der Waals surface area (Å²) >= 11 is 0. The number of H-pyrrole nitrogens is 2. The summed E-state index contributed by atoms with van der Waals surface area (Å²) in [5.74, 6) is 0.491. The van der Waals surface area contributed by atoms with Crippen LogP contribution >= 0.6 is 0 Å². The molecule has 2 saturated heterocycles. The standard InChI is InChI=1S/C22H23FN8/c1-31(15-6-13-2-3-14(7-15)27-13)20-5-4-19(28-29-20)16-8-18(23)21(12-9-24-25-10-12)17-11-26-30-22(16)17/h4-5,8-11,13-15,27H,2-3,6-7H2,1H3,(H,24,25)(H,26,30)/t13-,14+,15?. The fourth-order valence-corrected chi connectivity index (χ4v) is 5.15. The lowest BCUT2D eigenvalue weighted by molar-refractivity contribution is 0.353. The molecule has 2 aliphatic rings. The number of piperidine rings is 1. The first kappa shape index (κ1) is 18.4. The fourth-order valence-electron chi connectivity index (χ4n) is 5.15. The summed E-state index contributed by atoms with van der Waals surface area (Å²) in [6.45, 7) is 0. The molecule has 4 aromatic rings. The van der Waals surface area contributed by atoms with Gasteiger partial charge in [0.15, 0.2) is 5.82 Å². The summed E-state index contributed by atoms with van der Waals surface area (Å²) in [4.78, 5) is 2.23. The normalized spacial score (nSPS) is 22.8. The third-order valence-electron chi connectivity index (χ3n) is 6.76. The van der Waals surface area contributed by atoms with Gasteiger partial charge in [0.25, 0.3) is 0 Å². The van der Waals surface area contributed by atoms with Gasteiger partial charge in [-0.25, -0.2) is 4.39 Å². The summed E-state index contributed by atoms with van der Waals surface area (Å²) in [7, 11) is 2.09. The Morgan fingerprint density at radius 2 is 1.90 bits per heavy atom. The lowest BCUT2D eigenvalue weighted by Crippen LogP contribution is -2.47. The van der Waals surface area contributed by atoms with Gasteiger partial charge in [-0.15, -0.1) is 10.2 Å². The van der Waals surface area contributed by atoms with Crippen molar-refractivity contribution in [2.45, 2.75) is 43.8 Å². The molecule has 31 heavy (non-hydrogen) atoms. The number of nitrogens with zero attached hydrogens (tertiary/aromatic N) is 5. The molecule has 158 valence electrons. The topological polar surface area (TPSA) is 98.4 Å². The number of aromatic amines is 2. The molecule has 3 aromatic heterocycles. The molecule has 6 rings (SSSR count). The smallest absolute Gasteiger partial charge is 0.151 e.